The zero-order chi connectivity index (χ0) is 21.1. The monoisotopic (exact) mass is 418 g/mol. The third-order valence-electron chi connectivity index (χ3n) is 3.13. The van der Waals surface area contributed by atoms with E-state index >= 15 is 0 Å². The molecular weight excluding hydrogens is 380 g/mol. The van der Waals surface area contributed by atoms with Crippen LogP contribution in [0.25, 0.3) is 0 Å². The second kappa shape index (κ2) is 14.3. The van der Waals surface area contributed by atoms with Crippen LogP contribution in [0, 0.1) is 0 Å². The molecule has 27 heavy (non-hydrogen) atoms. The molecule has 4 atom stereocenters. The first-order valence-corrected chi connectivity index (χ1v) is 8.58. The molecule has 0 saturated carbocycles. The SMILES string of the molecule is CO.C[C@@H](N)[C@@H](O)CO.C[C@@H](NC(=O)OC(C)(C)C)[C@@H]1COC(C)(C)O1.Cl. The van der Waals surface area contributed by atoms with Crippen LogP contribution in [-0.4, -0.2) is 77.4 Å². The van der Waals surface area contributed by atoms with Crippen LogP contribution in [0.15, 0.2) is 0 Å². The van der Waals surface area contributed by atoms with Gasteiger partial charge >= 0.3 is 6.09 Å². The van der Waals surface area contributed by atoms with E-state index in [1.54, 1.807) is 6.92 Å². The summed E-state index contributed by atoms with van der Waals surface area (Å²) in [5, 5.41) is 26.5. The molecular formula is C17H39ClN2O7. The van der Waals surface area contributed by atoms with Gasteiger partial charge in [0.05, 0.1) is 25.4 Å². The van der Waals surface area contributed by atoms with Crippen molar-refractivity contribution in [1.29, 1.82) is 0 Å². The summed E-state index contributed by atoms with van der Waals surface area (Å²) in [4.78, 5) is 11.6. The highest BCUT2D eigenvalue weighted by Crippen LogP contribution is 2.24. The zero-order valence-corrected chi connectivity index (χ0v) is 18.5. The molecule has 0 spiro atoms. The minimum absolute atomic E-state index is 0. The molecule has 1 rings (SSSR count). The summed E-state index contributed by atoms with van der Waals surface area (Å²) in [6, 6.07) is -0.475. The molecule has 6 N–H and O–H groups in total. The Balaban J connectivity index is -0.000000490. The molecule has 166 valence electrons. The lowest BCUT2D eigenvalue weighted by Gasteiger charge is -2.24. The van der Waals surface area contributed by atoms with E-state index in [1.807, 2.05) is 41.5 Å². The van der Waals surface area contributed by atoms with Crippen molar-refractivity contribution in [3.8, 4) is 0 Å². The van der Waals surface area contributed by atoms with Crippen LogP contribution in [0.2, 0.25) is 0 Å². The lowest BCUT2D eigenvalue weighted by atomic mass is 10.2. The van der Waals surface area contributed by atoms with E-state index in [2.05, 4.69) is 5.32 Å². The number of aliphatic hydroxyl groups excluding tert-OH is 3. The van der Waals surface area contributed by atoms with Crippen LogP contribution in [0.5, 0.6) is 0 Å². The van der Waals surface area contributed by atoms with Gasteiger partial charge in [-0.3, -0.25) is 0 Å². The van der Waals surface area contributed by atoms with Crippen molar-refractivity contribution in [3.63, 3.8) is 0 Å². The van der Waals surface area contributed by atoms with Crippen LogP contribution < -0.4 is 11.1 Å². The van der Waals surface area contributed by atoms with Gasteiger partial charge < -0.3 is 40.6 Å². The Bertz CT molecular complexity index is 390. The molecule has 0 bridgehead atoms. The molecule has 1 amide bonds. The minimum Gasteiger partial charge on any atom is -0.444 e. The molecule has 1 fully saturated rings. The largest absolute Gasteiger partial charge is 0.444 e. The number of nitrogens with one attached hydrogen (secondary N) is 1. The van der Waals surface area contributed by atoms with Crippen molar-refractivity contribution in [2.75, 3.05) is 20.3 Å². The Morgan fingerprint density at radius 1 is 1.33 bits per heavy atom. The molecule has 0 unspecified atom stereocenters. The fourth-order valence-electron chi connectivity index (χ4n) is 1.71. The van der Waals surface area contributed by atoms with Gasteiger partial charge in [-0.2, -0.15) is 0 Å². The summed E-state index contributed by atoms with van der Waals surface area (Å²) in [5.74, 6) is -0.575. The first kappa shape index (κ1) is 31.0. The van der Waals surface area contributed by atoms with Crippen molar-refractivity contribution >= 4 is 18.5 Å². The molecule has 0 aliphatic carbocycles. The second-order valence-corrected chi connectivity index (χ2v) is 7.41. The standard InChI is InChI=1S/C12H23NO4.C4H11NO2.CH4O.ClH/c1-8(9-7-15-12(5,6)16-9)13-10(14)17-11(2,3)4;1-3(5)4(7)2-6;1-2;/h8-9H,7H2,1-6H3,(H,13,14);3-4,6-7H,2,5H2,1H3;2H,1H3;1H/t8-,9+;3-,4+;;/m11../s1. The summed E-state index contributed by atoms with van der Waals surface area (Å²) in [6.07, 6.45) is -1.34. The van der Waals surface area contributed by atoms with Gasteiger partial charge in [0.25, 0.3) is 0 Å². The Morgan fingerprint density at radius 3 is 2.07 bits per heavy atom. The fourth-order valence-corrected chi connectivity index (χ4v) is 1.71. The summed E-state index contributed by atoms with van der Waals surface area (Å²) < 4.78 is 16.3. The van der Waals surface area contributed by atoms with Crippen LogP contribution in [0.4, 0.5) is 4.79 Å². The molecule has 1 aliphatic rings. The van der Waals surface area contributed by atoms with Gasteiger partial charge in [-0.25, -0.2) is 4.79 Å². The van der Waals surface area contributed by atoms with Crippen LogP contribution in [0.3, 0.4) is 0 Å². The topological polar surface area (TPSA) is 144 Å². The molecule has 0 aromatic rings. The third-order valence-corrected chi connectivity index (χ3v) is 3.13. The summed E-state index contributed by atoms with van der Waals surface area (Å²) in [6.45, 7) is 12.9. The number of alkyl carbamates (subject to hydrolysis) is 1. The van der Waals surface area contributed by atoms with Crippen molar-refractivity contribution in [3.05, 3.63) is 0 Å². The van der Waals surface area contributed by atoms with Crippen molar-refractivity contribution in [2.24, 2.45) is 5.73 Å². The normalized spacial score (nSPS) is 21.1. The van der Waals surface area contributed by atoms with Crippen molar-refractivity contribution in [2.45, 2.75) is 84.1 Å². The molecule has 0 aromatic heterocycles. The Labute approximate surface area is 169 Å². The van der Waals surface area contributed by atoms with Crippen molar-refractivity contribution < 1.29 is 34.3 Å². The number of nitrogens with two attached hydrogens (primary N) is 1. The van der Waals surface area contributed by atoms with Gasteiger partial charge in [-0.1, -0.05) is 0 Å². The van der Waals surface area contributed by atoms with E-state index in [4.69, 9.17) is 35.3 Å². The first-order chi connectivity index (χ1) is 11.8. The smallest absolute Gasteiger partial charge is 0.407 e. The van der Waals surface area contributed by atoms with Gasteiger partial charge in [0.2, 0.25) is 0 Å². The summed E-state index contributed by atoms with van der Waals surface area (Å²) in [7, 11) is 1.00. The number of ether oxygens (including phenoxy) is 3. The van der Waals surface area contributed by atoms with Crippen LogP contribution in [0.1, 0.15) is 48.5 Å². The quantitative estimate of drug-likeness (QED) is 0.450. The molecule has 1 saturated heterocycles. The van der Waals surface area contributed by atoms with E-state index in [9.17, 15) is 4.79 Å². The second-order valence-electron chi connectivity index (χ2n) is 7.41. The van der Waals surface area contributed by atoms with E-state index in [0.29, 0.717) is 6.61 Å². The van der Waals surface area contributed by atoms with Crippen LogP contribution in [-0.2, 0) is 14.2 Å². The van der Waals surface area contributed by atoms with Crippen molar-refractivity contribution in [1.82, 2.24) is 5.32 Å². The number of rotatable bonds is 4. The van der Waals surface area contributed by atoms with E-state index in [1.165, 1.54) is 0 Å². The third kappa shape index (κ3) is 16.0. The Kier molecular flexibility index (Phi) is 16.5. The lowest BCUT2D eigenvalue weighted by molar-refractivity contribution is -0.141. The van der Waals surface area contributed by atoms with Gasteiger partial charge in [-0.15, -0.1) is 12.4 Å². The maximum atomic E-state index is 11.6. The molecule has 1 heterocycles. The Hall–Kier alpha value is -0.680. The lowest BCUT2D eigenvalue weighted by Crippen LogP contribution is -2.45. The number of hydrogen-bond donors (Lipinski definition) is 5. The number of halogens is 1. The summed E-state index contributed by atoms with van der Waals surface area (Å²) in [5.41, 5.74) is 4.65. The van der Waals surface area contributed by atoms with Gasteiger partial charge in [0, 0.05) is 13.2 Å². The minimum atomic E-state index is -0.764. The van der Waals surface area contributed by atoms with Crippen LogP contribution >= 0.6 is 12.4 Å². The fraction of sp³-hybridized carbons (Fsp3) is 0.941. The van der Waals surface area contributed by atoms with E-state index < -0.39 is 23.6 Å². The van der Waals surface area contributed by atoms with E-state index in [0.717, 1.165) is 7.11 Å². The zero-order valence-electron chi connectivity index (χ0n) is 17.7. The number of aliphatic hydroxyl groups is 3. The highest BCUT2D eigenvalue weighted by molar-refractivity contribution is 5.85. The Morgan fingerprint density at radius 2 is 1.81 bits per heavy atom. The van der Waals surface area contributed by atoms with E-state index in [-0.39, 0.29) is 37.2 Å². The average Bonchev–Trinajstić information content (AvgIpc) is 2.87. The van der Waals surface area contributed by atoms with Gasteiger partial charge in [0.15, 0.2) is 5.79 Å². The summed E-state index contributed by atoms with van der Waals surface area (Å²) >= 11 is 0. The van der Waals surface area contributed by atoms with Gasteiger partial charge in [0.1, 0.15) is 11.7 Å². The maximum absolute atomic E-state index is 11.6. The predicted molar refractivity (Wildman–Crippen MR) is 106 cm³/mol. The molecule has 9 nitrogen and oxygen atoms in total. The molecule has 0 radical (unpaired) electrons. The highest BCUT2D eigenvalue weighted by atomic mass is 35.5. The molecule has 1 aliphatic heterocycles. The number of hydrogen-bond acceptors (Lipinski definition) is 8. The number of carbonyl (C=O) groups excluding carboxylic acids is 1. The average molecular weight is 419 g/mol. The maximum Gasteiger partial charge on any atom is 0.407 e. The molecule has 0 aromatic carbocycles. The van der Waals surface area contributed by atoms with Gasteiger partial charge in [-0.05, 0) is 48.5 Å². The number of amides is 1. The number of carbonyl (C=O) groups is 1. The first-order valence-electron chi connectivity index (χ1n) is 8.58. The molecule has 10 heteroatoms. The highest BCUT2D eigenvalue weighted by Gasteiger charge is 2.36. The predicted octanol–water partition coefficient (Wildman–Crippen LogP) is 0.768.